The molecule has 24 heavy (non-hydrogen) atoms. The Balaban J connectivity index is 1.87. The number of hydrogen-bond donors (Lipinski definition) is 2. The standard InChI is InChI=1S/C13H15F3N6O2/c1-8-5-9(13(14,15)16)20-22(8)4-3-17-12(24)19-10-6-11(23)21(2)7-18-10/h5-7H,3-4H2,1-2H3,(H2,17,19,24). The Hall–Kier alpha value is -2.85. The van der Waals surface area contributed by atoms with E-state index in [1.165, 1.54) is 24.9 Å². The van der Waals surface area contributed by atoms with Crippen LogP contribution < -0.4 is 16.2 Å². The minimum atomic E-state index is -4.51. The van der Waals surface area contributed by atoms with Gasteiger partial charge in [0, 0.05) is 25.4 Å². The Morgan fingerprint density at radius 1 is 1.33 bits per heavy atom. The van der Waals surface area contributed by atoms with Crippen LogP contribution >= 0.6 is 0 Å². The van der Waals surface area contributed by atoms with E-state index < -0.39 is 17.9 Å². The van der Waals surface area contributed by atoms with E-state index in [1.54, 1.807) is 0 Å². The molecule has 0 aliphatic carbocycles. The van der Waals surface area contributed by atoms with Crippen molar-refractivity contribution in [1.29, 1.82) is 0 Å². The van der Waals surface area contributed by atoms with Crippen LogP contribution in [-0.2, 0) is 19.8 Å². The number of aryl methyl sites for hydroxylation is 2. The summed E-state index contributed by atoms with van der Waals surface area (Å²) in [4.78, 5) is 26.9. The number of carbonyl (C=O) groups is 1. The summed E-state index contributed by atoms with van der Waals surface area (Å²) in [5.41, 5.74) is -0.987. The number of carbonyl (C=O) groups excluding carboxylic acids is 1. The molecule has 0 spiro atoms. The van der Waals surface area contributed by atoms with Crippen molar-refractivity contribution in [3.8, 4) is 0 Å². The normalized spacial score (nSPS) is 11.4. The van der Waals surface area contributed by atoms with Gasteiger partial charge in [0.15, 0.2) is 5.69 Å². The van der Waals surface area contributed by atoms with Crippen LogP contribution in [0.4, 0.5) is 23.8 Å². The molecule has 0 aliphatic heterocycles. The summed E-state index contributed by atoms with van der Waals surface area (Å²) >= 11 is 0. The highest BCUT2D eigenvalue weighted by Crippen LogP contribution is 2.28. The van der Waals surface area contributed by atoms with E-state index in [-0.39, 0.29) is 24.5 Å². The largest absolute Gasteiger partial charge is 0.435 e. The molecule has 0 bridgehead atoms. The number of alkyl halides is 3. The van der Waals surface area contributed by atoms with Crippen LogP contribution in [0.1, 0.15) is 11.4 Å². The quantitative estimate of drug-likeness (QED) is 0.869. The maximum Gasteiger partial charge on any atom is 0.435 e. The lowest BCUT2D eigenvalue weighted by Gasteiger charge is -2.08. The van der Waals surface area contributed by atoms with Gasteiger partial charge in [0.1, 0.15) is 5.82 Å². The third-order valence-electron chi connectivity index (χ3n) is 3.10. The molecule has 2 heterocycles. The van der Waals surface area contributed by atoms with Crippen molar-refractivity contribution < 1.29 is 18.0 Å². The van der Waals surface area contributed by atoms with E-state index in [2.05, 4.69) is 20.7 Å². The molecule has 0 unspecified atom stereocenters. The van der Waals surface area contributed by atoms with Gasteiger partial charge < -0.3 is 9.88 Å². The fourth-order valence-electron chi connectivity index (χ4n) is 1.84. The van der Waals surface area contributed by atoms with E-state index in [1.807, 2.05) is 0 Å². The van der Waals surface area contributed by atoms with Gasteiger partial charge in [-0.3, -0.25) is 14.8 Å². The van der Waals surface area contributed by atoms with Gasteiger partial charge in [-0.25, -0.2) is 9.78 Å². The average Bonchev–Trinajstić information content (AvgIpc) is 2.84. The first-order chi connectivity index (χ1) is 11.2. The Kier molecular flexibility index (Phi) is 4.90. The van der Waals surface area contributed by atoms with Gasteiger partial charge in [0.25, 0.3) is 5.56 Å². The SMILES string of the molecule is Cc1cc(C(F)(F)F)nn1CCNC(=O)Nc1cc(=O)n(C)cn1. The lowest BCUT2D eigenvalue weighted by atomic mass is 10.4. The molecule has 8 nitrogen and oxygen atoms in total. The molecule has 2 aromatic rings. The van der Waals surface area contributed by atoms with Gasteiger partial charge in [-0.2, -0.15) is 18.3 Å². The van der Waals surface area contributed by atoms with Crippen LogP contribution in [0.5, 0.6) is 0 Å². The Bertz CT molecular complexity index is 796. The zero-order valence-corrected chi connectivity index (χ0v) is 12.9. The summed E-state index contributed by atoms with van der Waals surface area (Å²) in [6.07, 6.45) is -3.25. The fourth-order valence-corrected chi connectivity index (χ4v) is 1.84. The number of hydrogen-bond acceptors (Lipinski definition) is 4. The van der Waals surface area contributed by atoms with Gasteiger partial charge in [-0.05, 0) is 13.0 Å². The van der Waals surface area contributed by atoms with Gasteiger partial charge in [0.2, 0.25) is 0 Å². The number of aromatic nitrogens is 4. The molecule has 2 aromatic heterocycles. The topological polar surface area (TPSA) is 93.8 Å². The minimum absolute atomic E-state index is 0.0521. The van der Waals surface area contributed by atoms with Crippen molar-refractivity contribution in [1.82, 2.24) is 24.6 Å². The second kappa shape index (κ2) is 6.72. The first-order valence-corrected chi connectivity index (χ1v) is 6.86. The lowest BCUT2D eigenvalue weighted by molar-refractivity contribution is -0.141. The number of urea groups is 1. The van der Waals surface area contributed by atoms with E-state index in [0.717, 1.165) is 16.8 Å². The molecule has 0 aromatic carbocycles. The van der Waals surface area contributed by atoms with Crippen LogP contribution in [0.15, 0.2) is 23.3 Å². The van der Waals surface area contributed by atoms with Crippen LogP contribution in [0.2, 0.25) is 0 Å². The highest BCUT2D eigenvalue weighted by Gasteiger charge is 2.34. The minimum Gasteiger partial charge on any atom is -0.336 e. The Morgan fingerprint density at radius 2 is 2.04 bits per heavy atom. The van der Waals surface area contributed by atoms with Crippen molar-refractivity contribution in [3.05, 3.63) is 40.2 Å². The highest BCUT2D eigenvalue weighted by molar-refractivity contribution is 5.87. The average molecular weight is 344 g/mol. The van der Waals surface area contributed by atoms with Crippen molar-refractivity contribution >= 4 is 11.8 Å². The Labute approximate surface area is 134 Å². The molecule has 0 saturated heterocycles. The number of nitrogens with one attached hydrogen (secondary N) is 2. The van der Waals surface area contributed by atoms with E-state index in [0.29, 0.717) is 5.69 Å². The molecule has 130 valence electrons. The second-order valence-electron chi connectivity index (χ2n) is 5.00. The molecule has 0 fully saturated rings. The first kappa shape index (κ1) is 17.5. The molecule has 2 amide bonds. The van der Waals surface area contributed by atoms with E-state index in [9.17, 15) is 22.8 Å². The van der Waals surface area contributed by atoms with Gasteiger partial charge in [0.05, 0.1) is 12.9 Å². The number of halogens is 3. The maximum atomic E-state index is 12.5. The third kappa shape index (κ3) is 4.33. The highest BCUT2D eigenvalue weighted by atomic mass is 19.4. The summed E-state index contributed by atoms with van der Waals surface area (Å²) in [5, 5.41) is 8.25. The number of anilines is 1. The summed E-state index contributed by atoms with van der Waals surface area (Å²) in [5.74, 6) is 0.0743. The summed E-state index contributed by atoms with van der Waals surface area (Å²) in [6.45, 7) is 1.61. The predicted molar refractivity (Wildman–Crippen MR) is 78.5 cm³/mol. The summed E-state index contributed by atoms with van der Waals surface area (Å²) in [7, 11) is 1.51. The molecular weight excluding hydrogens is 329 g/mol. The van der Waals surface area contributed by atoms with E-state index >= 15 is 0 Å². The predicted octanol–water partition coefficient (Wildman–Crippen LogP) is 1.13. The summed E-state index contributed by atoms with van der Waals surface area (Å²) in [6, 6.07) is 1.45. The van der Waals surface area contributed by atoms with E-state index in [4.69, 9.17) is 0 Å². The first-order valence-electron chi connectivity index (χ1n) is 6.86. The Morgan fingerprint density at radius 3 is 2.62 bits per heavy atom. The van der Waals surface area contributed by atoms with Crippen LogP contribution in [0, 0.1) is 6.92 Å². The van der Waals surface area contributed by atoms with Gasteiger partial charge >= 0.3 is 12.2 Å². The van der Waals surface area contributed by atoms with Crippen LogP contribution in [-0.4, -0.2) is 31.9 Å². The smallest absolute Gasteiger partial charge is 0.336 e. The van der Waals surface area contributed by atoms with Crippen molar-refractivity contribution in [2.45, 2.75) is 19.6 Å². The fraction of sp³-hybridized carbons (Fsp3) is 0.385. The zero-order chi connectivity index (χ0) is 17.9. The lowest BCUT2D eigenvalue weighted by Crippen LogP contribution is -2.32. The zero-order valence-electron chi connectivity index (χ0n) is 12.9. The summed E-state index contributed by atoms with van der Waals surface area (Å²) < 4.78 is 40.0. The third-order valence-corrected chi connectivity index (χ3v) is 3.10. The molecule has 2 rings (SSSR count). The van der Waals surface area contributed by atoms with Gasteiger partial charge in [-0.1, -0.05) is 0 Å². The van der Waals surface area contributed by atoms with Crippen molar-refractivity contribution in [2.75, 3.05) is 11.9 Å². The number of rotatable bonds is 4. The van der Waals surface area contributed by atoms with Crippen LogP contribution in [0.3, 0.4) is 0 Å². The molecule has 2 N–H and O–H groups in total. The molecule has 0 atom stereocenters. The molecule has 0 aliphatic rings. The molecule has 0 saturated carbocycles. The second-order valence-corrected chi connectivity index (χ2v) is 5.00. The van der Waals surface area contributed by atoms with Crippen LogP contribution in [0.25, 0.3) is 0 Å². The monoisotopic (exact) mass is 344 g/mol. The molecule has 0 radical (unpaired) electrons. The number of nitrogens with zero attached hydrogens (tertiary/aromatic N) is 4. The van der Waals surface area contributed by atoms with Gasteiger partial charge in [-0.15, -0.1) is 0 Å². The van der Waals surface area contributed by atoms with Crippen molar-refractivity contribution in [3.63, 3.8) is 0 Å². The molecule has 11 heteroatoms. The van der Waals surface area contributed by atoms with Crippen molar-refractivity contribution in [2.24, 2.45) is 7.05 Å². The number of amides is 2. The maximum absolute atomic E-state index is 12.5. The molecular formula is C13H15F3N6O2.